The predicted octanol–water partition coefficient (Wildman–Crippen LogP) is 2.08. The third-order valence-corrected chi connectivity index (χ3v) is 4.80. The van der Waals surface area contributed by atoms with Gasteiger partial charge in [-0.15, -0.1) is 0 Å². The molecule has 0 spiro atoms. The van der Waals surface area contributed by atoms with Gasteiger partial charge in [-0.2, -0.15) is 0 Å². The summed E-state index contributed by atoms with van der Waals surface area (Å²) >= 11 is 3.50. The zero-order chi connectivity index (χ0) is 15.4. The Morgan fingerprint density at radius 1 is 1.24 bits per heavy atom. The van der Waals surface area contributed by atoms with Crippen LogP contribution in [-0.2, 0) is 0 Å². The van der Waals surface area contributed by atoms with E-state index in [1.54, 1.807) is 0 Å². The van der Waals surface area contributed by atoms with E-state index in [0.717, 1.165) is 54.9 Å². The zero-order valence-electron chi connectivity index (χ0n) is 13.1. The topological polar surface area (TPSA) is 26.8 Å². The highest BCUT2D eigenvalue weighted by Gasteiger charge is 2.22. The van der Waals surface area contributed by atoms with Gasteiger partial charge in [0.05, 0.1) is 0 Å². The van der Waals surface area contributed by atoms with Crippen molar-refractivity contribution >= 4 is 21.8 Å². The quantitative estimate of drug-likeness (QED) is 0.828. The normalized spacial score (nSPS) is 16.5. The molecule has 1 fully saturated rings. The van der Waals surface area contributed by atoms with Crippen molar-refractivity contribution in [2.24, 2.45) is 0 Å². The molecule has 0 saturated carbocycles. The molecule has 116 valence electrons. The van der Waals surface area contributed by atoms with Gasteiger partial charge in [0.2, 0.25) is 0 Å². The van der Waals surface area contributed by atoms with Gasteiger partial charge in [0.25, 0.3) is 5.91 Å². The summed E-state index contributed by atoms with van der Waals surface area (Å²) in [5, 5.41) is 0. The molecule has 1 aliphatic heterocycles. The average molecular weight is 354 g/mol. The average Bonchev–Trinajstić information content (AvgIpc) is 2.48. The molecule has 0 N–H and O–H groups in total. The van der Waals surface area contributed by atoms with E-state index >= 15 is 0 Å². The van der Waals surface area contributed by atoms with E-state index in [0.29, 0.717) is 0 Å². The minimum absolute atomic E-state index is 0.142. The highest BCUT2D eigenvalue weighted by Crippen LogP contribution is 2.19. The van der Waals surface area contributed by atoms with Crippen molar-refractivity contribution in [3.05, 3.63) is 33.8 Å². The SMILES string of the molecule is Cc1ccc(C(=O)N2CCN(CCN(C)C)CC2)cc1Br. The van der Waals surface area contributed by atoms with Crippen LogP contribution in [0.2, 0.25) is 0 Å². The fourth-order valence-corrected chi connectivity index (χ4v) is 2.80. The second-order valence-corrected chi connectivity index (χ2v) is 6.76. The van der Waals surface area contributed by atoms with Gasteiger partial charge < -0.3 is 9.80 Å². The van der Waals surface area contributed by atoms with Crippen molar-refractivity contribution in [2.45, 2.75) is 6.92 Å². The van der Waals surface area contributed by atoms with Crippen LogP contribution in [0, 0.1) is 6.92 Å². The maximum absolute atomic E-state index is 12.5. The van der Waals surface area contributed by atoms with E-state index < -0.39 is 0 Å². The first-order valence-corrected chi connectivity index (χ1v) is 8.19. The number of likely N-dealkylation sites (N-methyl/N-ethyl adjacent to an activating group) is 1. The standard InChI is InChI=1S/C16H24BrN3O/c1-13-4-5-14(12-15(13)17)16(21)20-10-8-19(9-11-20)7-6-18(2)3/h4-5,12H,6-11H2,1-3H3. The number of carbonyl (C=O) groups excluding carboxylic acids is 1. The number of nitrogens with zero attached hydrogens (tertiary/aromatic N) is 3. The molecule has 1 aliphatic rings. The lowest BCUT2D eigenvalue weighted by atomic mass is 10.1. The second-order valence-electron chi connectivity index (χ2n) is 5.90. The Morgan fingerprint density at radius 2 is 1.90 bits per heavy atom. The smallest absolute Gasteiger partial charge is 0.253 e. The van der Waals surface area contributed by atoms with Gasteiger partial charge >= 0.3 is 0 Å². The molecule has 0 atom stereocenters. The van der Waals surface area contributed by atoms with Gasteiger partial charge in [0.1, 0.15) is 0 Å². The fourth-order valence-electron chi connectivity index (χ4n) is 2.42. The van der Waals surface area contributed by atoms with Crippen LogP contribution in [0.15, 0.2) is 22.7 Å². The van der Waals surface area contributed by atoms with Crippen LogP contribution in [0.3, 0.4) is 0 Å². The molecule has 4 nitrogen and oxygen atoms in total. The van der Waals surface area contributed by atoms with Crippen LogP contribution in [0.5, 0.6) is 0 Å². The lowest BCUT2D eigenvalue weighted by molar-refractivity contribution is 0.0629. The minimum atomic E-state index is 0.142. The molecule has 2 rings (SSSR count). The van der Waals surface area contributed by atoms with Gasteiger partial charge in [0, 0.05) is 49.3 Å². The Morgan fingerprint density at radius 3 is 2.48 bits per heavy atom. The number of halogens is 1. The van der Waals surface area contributed by atoms with Gasteiger partial charge in [-0.05, 0) is 38.7 Å². The van der Waals surface area contributed by atoms with E-state index in [4.69, 9.17) is 0 Å². The number of benzene rings is 1. The Labute approximate surface area is 135 Å². The summed E-state index contributed by atoms with van der Waals surface area (Å²) in [5.74, 6) is 0.142. The van der Waals surface area contributed by atoms with Gasteiger partial charge in [0.15, 0.2) is 0 Å². The molecule has 1 aromatic carbocycles. The summed E-state index contributed by atoms with van der Waals surface area (Å²) in [7, 11) is 4.18. The maximum Gasteiger partial charge on any atom is 0.253 e. The summed E-state index contributed by atoms with van der Waals surface area (Å²) in [6.45, 7) is 7.74. The van der Waals surface area contributed by atoms with Crippen LogP contribution >= 0.6 is 15.9 Å². The second kappa shape index (κ2) is 7.38. The van der Waals surface area contributed by atoms with Gasteiger partial charge in [-0.1, -0.05) is 22.0 Å². The minimum Gasteiger partial charge on any atom is -0.336 e. The Kier molecular flexibility index (Phi) is 5.79. The number of carbonyl (C=O) groups is 1. The summed E-state index contributed by atoms with van der Waals surface area (Å²) in [4.78, 5) is 19.1. The summed E-state index contributed by atoms with van der Waals surface area (Å²) in [6, 6.07) is 5.83. The molecule has 0 radical (unpaired) electrons. The largest absolute Gasteiger partial charge is 0.336 e. The van der Waals surface area contributed by atoms with Crippen LogP contribution in [0.4, 0.5) is 0 Å². The van der Waals surface area contributed by atoms with Crippen LogP contribution in [0.25, 0.3) is 0 Å². The molecule has 1 amide bonds. The number of hydrogen-bond acceptors (Lipinski definition) is 3. The Hall–Kier alpha value is -0.910. The van der Waals surface area contributed by atoms with Crippen molar-refractivity contribution in [3.8, 4) is 0 Å². The highest BCUT2D eigenvalue weighted by molar-refractivity contribution is 9.10. The highest BCUT2D eigenvalue weighted by atomic mass is 79.9. The Bertz CT molecular complexity index is 496. The van der Waals surface area contributed by atoms with Crippen molar-refractivity contribution in [2.75, 3.05) is 53.4 Å². The zero-order valence-corrected chi connectivity index (χ0v) is 14.7. The number of hydrogen-bond donors (Lipinski definition) is 0. The summed E-state index contributed by atoms with van der Waals surface area (Å²) < 4.78 is 0.998. The monoisotopic (exact) mass is 353 g/mol. The molecule has 5 heteroatoms. The lowest BCUT2D eigenvalue weighted by Gasteiger charge is -2.35. The third kappa shape index (κ3) is 4.53. The first kappa shape index (κ1) is 16.5. The molecule has 0 bridgehead atoms. The molecule has 0 unspecified atom stereocenters. The first-order chi connectivity index (χ1) is 9.97. The van der Waals surface area contributed by atoms with Gasteiger partial charge in [-0.25, -0.2) is 0 Å². The summed E-state index contributed by atoms with van der Waals surface area (Å²) in [5.41, 5.74) is 1.93. The number of amides is 1. The van der Waals surface area contributed by atoms with E-state index in [1.807, 2.05) is 30.0 Å². The van der Waals surface area contributed by atoms with Crippen LogP contribution in [-0.4, -0.2) is 74.0 Å². The summed E-state index contributed by atoms with van der Waals surface area (Å²) in [6.07, 6.45) is 0. The number of aryl methyl sites for hydroxylation is 1. The Balaban J connectivity index is 1.89. The molecule has 0 aliphatic carbocycles. The van der Waals surface area contributed by atoms with Crippen molar-refractivity contribution in [3.63, 3.8) is 0 Å². The third-order valence-electron chi connectivity index (χ3n) is 3.94. The molecule has 21 heavy (non-hydrogen) atoms. The first-order valence-electron chi connectivity index (χ1n) is 7.40. The fraction of sp³-hybridized carbons (Fsp3) is 0.562. The van der Waals surface area contributed by atoms with E-state index in [9.17, 15) is 4.79 Å². The molecule has 1 saturated heterocycles. The van der Waals surface area contributed by atoms with E-state index in [-0.39, 0.29) is 5.91 Å². The molecular weight excluding hydrogens is 330 g/mol. The van der Waals surface area contributed by atoms with Crippen molar-refractivity contribution < 1.29 is 4.79 Å². The molecule has 0 aromatic heterocycles. The lowest BCUT2D eigenvalue weighted by Crippen LogP contribution is -2.49. The van der Waals surface area contributed by atoms with Crippen LogP contribution < -0.4 is 0 Å². The van der Waals surface area contributed by atoms with E-state index in [1.165, 1.54) is 0 Å². The molecular formula is C16H24BrN3O. The maximum atomic E-state index is 12.5. The van der Waals surface area contributed by atoms with Gasteiger partial charge in [-0.3, -0.25) is 9.69 Å². The van der Waals surface area contributed by atoms with Crippen molar-refractivity contribution in [1.29, 1.82) is 0 Å². The van der Waals surface area contributed by atoms with Crippen molar-refractivity contribution in [1.82, 2.24) is 14.7 Å². The van der Waals surface area contributed by atoms with E-state index in [2.05, 4.69) is 39.8 Å². The number of piperazine rings is 1. The number of rotatable bonds is 4. The van der Waals surface area contributed by atoms with Crippen LogP contribution in [0.1, 0.15) is 15.9 Å². The predicted molar refractivity (Wildman–Crippen MR) is 89.8 cm³/mol. The molecule has 1 heterocycles. The molecule has 1 aromatic rings.